The van der Waals surface area contributed by atoms with Gasteiger partial charge in [0, 0.05) is 16.3 Å². The van der Waals surface area contributed by atoms with Crippen LogP contribution in [-0.4, -0.2) is 32.4 Å². The van der Waals surface area contributed by atoms with E-state index in [1.807, 2.05) is 0 Å². The van der Waals surface area contributed by atoms with Crippen molar-refractivity contribution in [1.82, 2.24) is 0 Å². The molecule has 0 heterocycles. The zero-order valence-electron chi connectivity index (χ0n) is 15.5. The van der Waals surface area contributed by atoms with Crippen LogP contribution >= 0.6 is 11.6 Å². The summed E-state index contributed by atoms with van der Waals surface area (Å²) >= 11 is 6.12. The number of amides is 1. The van der Waals surface area contributed by atoms with Gasteiger partial charge in [-0.15, -0.1) is 0 Å². The van der Waals surface area contributed by atoms with Gasteiger partial charge >= 0.3 is 0 Å². The van der Waals surface area contributed by atoms with Gasteiger partial charge in [0.15, 0.2) is 5.78 Å². The number of hydrogen-bond acceptors (Lipinski definition) is 4. The van der Waals surface area contributed by atoms with Crippen LogP contribution in [0, 0.1) is 6.92 Å². The van der Waals surface area contributed by atoms with E-state index in [4.69, 9.17) is 11.6 Å². The molecule has 0 aliphatic heterocycles. The highest BCUT2D eigenvalue weighted by molar-refractivity contribution is 7.92. The third-order valence-corrected chi connectivity index (χ3v) is 5.68. The van der Waals surface area contributed by atoms with Crippen LogP contribution in [0.1, 0.15) is 29.8 Å². The first-order valence-electron chi connectivity index (χ1n) is 8.18. The van der Waals surface area contributed by atoms with E-state index in [9.17, 15) is 18.0 Å². The Bertz CT molecular complexity index is 989. The summed E-state index contributed by atoms with van der Waals surface area (Å²) < 4.78 is 25.7. The van der Waals surface area contributed by atoms with Crippen molar-refractivity contribution < 1.29 is 18.0 Å². The van der Waals surface area contributed by atoms with Crippen molar-refractivity contribution in [3.63, 3.8) is 0 Å². The van der Waals surface area contributed by atoms with E-state index in [1.54, 1.807) is 43.3 Å². The lowest BCUT2D eigenvalue weighted by molar-refractivity contribution is -0.116. The fourth-order valence-electron chi connectivity index (χ4n) is 2.59. The number of carbonyl (C=O) groups is 2. The molecule has 144 valence electrons. The second-order valence-electron chi connectivity index (χ2n) is 6.29. The minimum Gasteiger partial charge on any atom is -0.324 e. The molecular formula is C19H21ClN2O4S. The van der Waals surface area contributed by atoms with Gasteiger partial charge in [-0.25, -0.2) is 8.42 Å². The maximum atomic E-state index is 12.7. The number of rotatable bonds is 6. The zero-order valence-corrected chi connectivity index (χ0v) is 17.1. The minimum absolute atomic E-state index is 0.133. The molecule has 0 aliphatic rings. The van der Waals surface area contributed by atoms with Gasteiger partial charge in [0.05, 0.1) is 11.9 Å². The second-order valence-corrected chi connectivity index (χ2v) is 8.56. The van der Waals surface area contributed by atoms with E-state index < -0.39 is 22.0 Å². The third-order valence-electron chi connectivity index (χ3n) is 4.04. The van der Waals surface area contributed by atoms with Gasteiger partial charge < -0.3 is 5.32 Å². The number of halogens is 1. The molecule has 0 aliphatic carbocycles. The van der Waals surface area contributed by atoms with Crippen molar-refractivity contribution in [2.24, 2.45) is 0 Å². The standard InChI is InChI=1S/C19H21ClN2O4S/c1-12-8-9-17(11-18(12)20)22(27(4,25)26)13(2)19(24)21-16-7-5-6-15(10-16)14(3)23/h5-11,13H,1-4H3,(H,21,24)/t13-/m0/s1. The lowest BCUT2D eigenvalue weighted by Gasteiger charge is -2.28. The van der Waals surface area contributed by atoms with Gasteiger partial charge in [-0.05, 0) is 50.6 Å². The van der Waals surface area contributed by atoms with Gasteiger partial charge in [-0.2, -0.15) is 0 Å². The van der Waals surface area contributed by atoms with E-state index >= 15 is 0 Å². The molecule has 0 bridgehead atoms. The summed E-state index contributed by atoms with van der Waals surface area (Å²) in [7, 11) is -3.75. The Morgan fingerprint density at radius 3 is 2.37 bits per heavy atom. The molecule has 1 amide bonds. The third kappa shape index (κ3) is 5.08. The van der Waals surface area contributed by atoms with Crippen molar-refractivity contribution in [1.29, 1.82) is 0 Å². The molecule has 0 fully saturated rings. The summed E-state index contributed by atoms with van der Waals surface area (Å²) in [5, 5.41) is 3.06. The first-order valence-corrected chi connectivity index (χ1v) is 10.4. The number of ketones is 1. The van der Waals surface area contributed by atoms with Crippen LogP contribution in [0.4, 0.5) is 11.4 Å². The van der Waals surface area contributed by atoms with Crippen LogP contribution in [0.5, 0.6) is 0 Å². The fraction of sp³-hybridized carbons (Fsp3) is 0.263. The summed E-state index contributed by atoms with van der Waals surface area (Å²) in [4.78, 5) is 24.2. The highest BCUT2D eigenvalue weighted by Crippen LogP contribution is 2.27. The van der Waals surface area contributed by atoms with E-state index in [-0.39, 0.29) is 5.78 Å². The van der Waals surface area contributed by atoms with Crippen molar-refractivity contribution in [2.75, 3.05) is 15.9 Å². The van der Waals surface area contributed by atoms with Crippen molar-refractivity contribution in [3.05, 3.63) is 58.6 Å². The molecular weight excluding hydrogens is 388 g/mol. The molecule has 0 saturated carbocycles. The predicted octanol–water partition coefficient (Wildman–Crippen LogP) is 3.64. The molecule has 1 atom stereocenters. The number of anilines is 2. The first-order chi connectivity index (χ1) is 12.5. The maximum absolute atomic E-state index is 12.7. The topological polar surface area (TPSA) is 83.6 Å². The Morgan fingerprint density at radius 2 is 1.81 bits per heavy atom. The molecule has 2 rings (SSSR count). The summed E-state index contributed by atoms with van der Waals surface area (Å²) in [6, 6.07) is 10.2. The number of hydrogen-bond donors (Lipinski definition) is 1. The molecule has 6 nitrogen and oxygen atoms in total. The second kappa shape index (κ2) is 8.10. The maximum Gasteiger partial charge on any atom is 0.247 e. The van der Waals surface area contributed by atoms with E-state index in [2.05, 4.69) is 5.32 Å². The highest BCUT2D eigenvalue weighted by atomic mass is 35.5. The number of carbonyl (C=O) groups excluding carboxylic acids is 2. The number of Topliss-reactive ketones (excluding diaryl/α,β-unsaturated/α-hetero) is 1. The van der Waals surface area contributed by atoms with Gasteiger partial charge in [0.1, 0.15) is 6.04 Å². The summed E-state index contributed by atoms with van der Waals surface area (Å²) in [5.74, 6) is -0.663. The highest BCUT2D eigenvalue weighted by Gasteiger charge is 2.29. The van der Waals surface area contributed by atoms with Crippen LogP contribution in [0.15, 0.2) is 42.5 Å². The van der Waals surface area contributed by atoms with Crippen LogP contribution in [-0.2, 0) is 14.8 Å². The molecule has 0 radical (unpaired) electrons. The van der Waals surface area contributed by atoms with E-state index in [1.165, 1.54) is 19.9 Å². The smallest absolute Gasteiger partial charge is 0.247 e. The number of nitrogens with one attached hydrogen (secondary N) is 1. The predicted molar refractivity (Wildman–Crippen MR) is 108 cm³/mol. The van der Waals surface area contributed by atoms with Gasteiger partial charge in [0.25, 0.3) is 0 Å². The molecule has 2 aromatic carbocycles. The van der Waals surface area contributed by atoms with Crippen molar-refractivity contribution >= 4 is 44.7 Å². The Balaban J connectivity index is 2.33. The van der Waals surface area contributed by atoms with Crippen molar-refractivity contribution in [3.8, 4) is 0 Å². The summed E-state index contributed by atoms with van der Waals surface area (Å²) in [6.07, 6.45) is 1.03. The SMILES string of the molecule is CC(=O)c1cccc(NC(=O)[C@H](C)N(c2ccc(C)c(Cl)c2)S(C)(=O)=O)c1. The monoisotopic (exact) mass is 408 g/mol. The molecule has 0 unspecified atom stereocenters. The fourth-order valence-corrected chi connectivity index (χ4v) is 3.93. The Labute approximate surface area is 164 Å². The molecule has 0 aromatic heterocycles. The number of aryl methyl sites for hydroxylation is 1. The summed E-state index contributed by atoms with van der Waals surface area (Å²) in [6.45, 7) is 4.71. The first kappa shape index (κ1) is 20.9. The minimum atomic E-state index is -3.75. The number of benzene rings is 2. The average molecular weight is 409 g/mol. The van der Waals surface area contributed by atoms with Crippen LogP contribution < -0.4 is 9.62 Å². The molecule has 0 saturated heterocycles. The lowest BCUT2D eigenvalue weighted by Crippen LogP contribution is -2.45. The lowest BCUT2D eigenvalue weighted by atomic mass is 10.1. The van der Waals surface area contributed by atoms with Crippen LogP contribution in [0.2, 0.25) is 5.02 Å². The zero-order chi connectivity index (χ0) is 20.4. The average Bonchev–Trinajstić information content (AvgIpc) is 2.57. The van der Waals surface area contributed by atoms with E-state index in [0.29, 0.717) is 22.0 Å². The van der Waals surface area contributed by atoms with Crippen LogP contribution in [0.25, 0.3) is 0 Å². The number of sulfonamides is 1. The Kier molecular flexibility index (Phi) is 6.28. The van der Waals surface area contributed by atoms with Gasteiger partial charge in [-0.1, -0.05) is 29.8 Å². The molecule has 2 aromatic rings. The normalized spacial score (nSPS) is 12.3. The van der Waals surface area contributed by atoms with Crippen molar-refractivity contribution in [2.45, 2.75) is 26.8 Å². The van der Waals surface area contributed by atoms with Gasteiger partial charge in [0.2, 0.25) is 15.9 Å². The quantitative estimate of drug-likeness (QED) is 0.739. The van der Waals surface area contributed by atoms with E-state index in [0.717, 1.165) is 16.1 Å². The molecule has 8 heteroatoms. The Morgan fingerprint density at radius 1 is 1.15 bits per heavy atom. The molecule has 1 N–H and O–H groups in total. The molecule has 27 heavy (non-hydrogen) atoms. The van der Waals surface area contributed by atoms with Crippen LogP contribution in [0.3, 0.4) is 0 Å². The largest absolute Gasteiger partial charge is 0.324 e. The van der Waals surface area contributed by atoms with Gasteiger partial charge in [-0.3, -0.25) is 13.9 Å². The molecule has 0 spiro atoms. The Hall–Kier alpha value is -2.38. The number of nitrogens with zero attached hydrogens (tertiary/aromatic N) is 1. The summed E-state index contributed by atoms with van der Waals surface area (Å²) in [5.41, 5.74) is 1.96.